The third-order valence-corrected chi connectivity index (χ3v) is 3.95. The largest absolute Gasteiger partial charge is 0.497 e. The highest BCUT2D eigenvalue weighted by Crippen LogP contribution is 2.24. The number of amides is 1. The van der Waals surface area contributed by atoms with E-state index in [0.717, 1.165) is 16.9 Å². The Hall–Kier alpha value is -3.60. The molecule has 0 radical (unpaired) electrons. The quantitative estimate of drug-likeness (QED) is 0.721. The van der Waals surface area contributed by atoms with Gasteiger partial charge in [-0.2, -0.15) is 0 Å². The van der Waals surface area contributed by atoms with Crippen molar-refractivity contribution < 1.29 is 19.4 Å². The average molecular weight is 347 g/mol. The molecule has 26 heavy (non-hydrogen) atoms. The molecular weight excluding hydrogens is 330 g/mol. The van der Waals surface area contributed by atoms with Gasteiger partial charge < -0.3 is 15.2 Å². The molecule has 2 N–H and O–H groups in total. The predicted molar refractivity (Wildman–Crippen MR) is 99.8 cm³/mol. The van der Waals surface area contributed by atoms with Gasteiger partial charge in [-0.1, -0.05) is 36.4 Å². The summed E-state index contributed by atoms with van der Waals surface area (Å²) in [6, 6.07) is 21.0. The molecule has 1 amide bonds. The molecule has 5 heteroatoms. The van der Waals surface area contributed by atoms with E-state index in [-0.39, 0.29) is 17.2 Å². The fourth-order valence-electron chi connectivity index (χ4n) is 2.60. The van der Waals surface area contributed by atoms with Crippen molar-refractivity contribution >= 4 is 17.6 Å². The van der Waals surface area contributed by atoms with Gasteiger partial charge in [-0.05, 0) is 47.5 Å². The lowest BCUT2D eigenvalue weighted by Crippen LogP contribution is -2.14. The SMILES string of the molecule is COc1ccc(-c2cccc(C(=O)Nc3ccccc3C(=O)O)c2)cc1. The number of nitrogens with one attached hydrogen (secondary N) is 1. The molecule has 3 aromatic rings. The number of hydrogen-bond donors (Lipinski definition) is 2. The zero-order valence-corrected chi connectivity index (χ0v) is 14.1. The van der Waals surface area contributed by atoms with Crippen LogP contribution in [0.15, 0.2) is 72.8 Å². The van der Waals surface area contributed by atoms with Crippen LogP contribution in [-0.4, -0.2) is 24.1 Å². The number of para-hydroxylation sites is 1. The number of aromatic carboxylic acids is 1. The third kappa shape index (κ3) is 3.72. The molecule has 0 saturated heterocycles. The lowest BCUT2D eigenvalue weighted by Gasteiger charge is -2.10. The second-order valence-corrected chi connectivity index (χ2v) is 5.61. The lowest BCUT2D eigenvalue weighted by molar-refractivity contribution is 0.0698. The lowest BCUT2D eigenvalue weighted by atomic mass is 10.0. The van der Waals surface area contributed by atoms with Crippen LogP contribution in [0.2, 0.25) is 0 Å². The van der Waals surface area contributed by atoms with E-state index in [2.05, 4.69) is 5.32 Å². The predicted octanol–water partition coefficient (Wildman–Crippen LogP) is 4.31. The van der Waals surface area contributed by atoms with E-state index in [9.17, 15) is 14.7 Å². The second kappa shape index (κ2) is 7.53. The van der Waals surface area contributed by atoms with Crippen molar-refractivity contribution in [2.45, 2.75) is 0 Å². The van der Waals surface area contributed by atoms with Crippen LogP contribution in [-0.2, 0) is 0 Å². The van der Waals surface area contributed by atoms with Crippen LogP contribution in [0.4, 0.5) is 5.69 Å². The molecule has 0 heterocycles. The maximum atomic E-state index is 12.5. The molecule has 130 valence electrons. The van der Waals surface area contributed by atoms with Crippen molar-refractivity contribution in [1.29, 1.82) is 0 Å². The second-order valence-electron chi connectivity index (χ2n) is 5.61. The Bertz CT molecular complexity index is 948. The third-order valence-electron chi connectivity index (χ3n) is 3.95. The van der Waals surface area contributed by atoms with Gasteiger partial charge in [0.2, 0.25) is 0 Å². The van der Waals surface area contributed by atoms with E-state index in [0.29, 0.717) is 5.56 Å². The summed E-state index contributed by atoms with van der Waals surface area (Å²) >= 11 is 0. The Morgan fingerprint density at radius 3 is 2.31 bits per heavy atom. The van der Waals surface area contributed by atoms with E-state index in [1.807, 2.05) is 30.3 Å². The number of carbonyl (C=O) groups is 2. The first-order valence-electron chi connectivity index (χ1n) is 7.96. The van der Waals surface area contributed by atoms with Crippen molar-refractivity contribution in [3.63, 3.8) is 0 Å². The van der Waals surface area contributed by atoms with Gasteiger partial charge in [-0.15, -0.1) is 0 Å². The molecular formula is C21H17NO4. The number of ether oxygens (including phenoxy) is 1. The number of carboxylic acids is 1. The van der Waals surface area contributed by atoms with Crippen LogP contribution in [0.25, 0.3) is 11.1 Å². The minimum absolute atomic E-state index is 0.0483. The number of carboxylic acid groups (broad SMARTS) is 1. The van der Waals surface area contributed by atoms with Crippen LogP contribution in [0.3, 0.4) is 0 Å². The molecule has 0 unspecified atom stereocenters. The average Bonchev–Trinajstić information content (AvgIpc) is 2.68. The zero-order valence-electron chi connectivity index (χ0n) is 14.1. The van der Waals surface area contributed by atoms with Gasteiger partial charge in [0.25, 0.3) is 5.91 Å². The van der Waals surface area contributed by atoms with Crippen molar-refractivity contribution in [3.05, 3.63) is 83.9 Å². The Morgan fingerprint density at radius 1 is 0.885 bits per heavy atom. The molecule has 0 fully saturated rings. The topological polar surface area (TPSA) is 75.6 Å². The van der Waals surface area contributed by atoms with Gasteiger partial charge in [-0.25, -0.2) is 4.79 Å². The smallest absolute Gasteiger partial charge is 0.337 e. The highest BCUT2D eigenvalue weighted by molar-refractivity contribution is 6.08. The fourth-order valence-corrected chi connectivity index (χ4v) is 2.60. The van der Waals surface area contributed by atoms with E-state index < -0.39 is 5.97 Å². The van der Waals surface area contributed by atoms with E-state index in [1.54, 1.807) is 43.5 Å². The monoisotopic (exact) mass is 347 g/mol. The van der Waals surface area contributed by atoms with Crippen molar-refractivity contribution in [2.75, 3.05) is 12.4 Å². The van der Waals surface area contributed by atoms with Crippen molar-refractivity contribution in [2.24, 2.45) is 0 Å². The number of methoxy groups -OCH3 is 1. The zero-order chi connectivity index (χ0) is 18.5. The van der Waals surface area contributed by atoms with Crippen LogP contribution in [0.5, 0.6) is 5.75 Å². The van der Waals surface area contributed by atoms with Crippen molar-refractivity contribution in [3.8, 4) is 16.9 Å². The number of carbonyl (C=O) groups excluding carboxylic acids is 1. The van der Waals surface area contributed by atoms with Gasteiger partial charge in [0.05, 0.1) is 18.4 Å². The molecule has 0 spiro atoms. The molecule has 5 nitrogen and oxygen atoms in total. The number of benzene rings is 3. The van der Waals surface area contributed by atoms with Crippen LogP contribution in [0.1, 0.15) is 20.7 Å². The molecule has 3 rings (SSSR count). The Kier molecular flexibility index (Phi) is 4.99. The van der Waals surface area contributed by atoms with Crippen LogP contribution < -0.4 is 10.1 Å². The molecule has 0 atom stereocenters. The number of hydrogen-bond acceptors (Lipinski definition) is 3. The maximum absolute atomic E-state index is 12.5. The van der Waals surface area contributed by atoms with Gasteiger partial charge in [0, 0.05) is 5.56 Å². The minimum atomic E-state index is -1.09. The van der Waals surface area contributed by atoms with Gasteiger partial charge >= 0.3 is 5.97 Å². The van der Waals surface area contributed by atoms with E-state index in [4.69, 9.17) is 4.74 Å². The number of anilines is 1. The summed E-state index contributed by atoms with van der Waals surface area (Å²) in [5.74, 6) is -0.699. The first kappa shape index (κ1) is 17.2. The van der Waals surface area contributed by atoms with Crippen LogP contribution in [0, 0.1) is 0 Å². The highest BCUT2D eigenvalue weighted by Gasteiger charge is 2.13. The molecule has 0 aliphatic carbocycles. The summed E-state index contributed by atoms with van der Waals surface area (Å²) in [4.78, 5) is 23.8. The summed E-state index contributed by atoms with van der Waals surface area (Å²) in [5.41, 5.74) is 2.59. The molecule has 3 aromatic carbocycles. The normalized spacial score (nSPS) is 10.2. The van der Waals surface area contributed by atoms with E-state index >= 15 is 0 Å². The van der Waals surface area contributed by atoms with Gasteiger partial charge in [0.1, 0.15) is 5.75 Å². The summed E-state index contributed by atoms with van der Waals surface area (Å²) < 4.78 is 5.15. The van der Waals surface area contributed by atoms with E-state index in [1.165, 1.54) is 6.07 Å². The summed E-state index contributed by atoms with van der Waals surface area (Å²) in [5, 5.41) is 11.9. The highest BCUT2D eigenvalue weighted by atomic mass is 16.5. The van der Waals surface area contributed by atoms with Gasteiger partial charge in [0.15, 0.2) is 0 Å². The molecule has 0 aliphatic rings. The first-order chi connectivity index (χ1) is 12.6. The van der Waals surface area contributed by atoms with Gasteiger partial charge in [-0.3, -0.25) is 4.79 Å². The van der Waals surface area contributed by atoms with Crippen molar-refractivity contribution in [1.82, 2.24) is 0 Å². The molecule has 0 bridgehead atoms. The standard InChI is InChI=1S/C21H17NO4/c1-26-17-11-9-14(10-12-17)15-5-4-6-16(13-15)20(23)22-19-8-3-2-7-18(19)21(24)25/h2-13H,1H3,(H,22,23)(H,24,25). The minimum Gasteiger partial charge on any atom is -0.497 e. The molecule has 0 aliphatic heterocycles. The molecule has 0 aromatic heterocycles. The summed E-state index contributed by atoms with van der Waals surface area (Å²) in [6.07, 6.45) is 0. The van der Waals surface area contributed by atoms with Crippen LogP contribution >= 0.6 is 0 Å². The molecule has 0 saturated carbocycles. The maximum Gasteiger partial charge on any atom is 0.337 e. The first-order valence-corrected chi connectivity index (χ1v) is 7.96. The number of rotatable bonds is 5. The Morgan fingerprint density at radius 2 is 1.62 bits per heavy atom. The summed E-state index contributed by atoms with van der Waals surface area (Å²) in [7, 11) is 1.61. The Labute approximate surface area is 150 Å². The fraction of sp³-hybridized carbons (Fsp3) is 0.0476. The Balaban J connectivity index is 1.86. The summed E-state index contributed by atoms with van der Waals surface area (Å²) in [6.45, 7) is 0.